The fraction of sp³-hybridized carbons (Fsp3) is 0. The van der Waals surface area contributed by atoms with E-state index in [4.69, 9.17) is 5.73 Å². The van der Waals surface area contributed by atoms with E-state index in [2.05, 4.69) is 31.2 Å². The smallest absolute Gasteiger partial charge is 0.256 e. The number of para-hydroxylation sites is 1. The van der Waals surface area contributed by atoms with Crippen LogP contribution in [0.25, 0.3) is 10.9 Å². The predicted molar refractivity (Wildman–Crippen MR) is 86.0 cm³/mol. The van der Waals surface area contributed by atoms with Crippen molar-refractivity contribution in [2.75, 3.05) is 11.1 Å². The average molecular weight is 343 g/mol. The summed E-state index contributed by atoms with van der Waals surface area (Å²) in [7, 11) is 0. The highest BCUT2D eigenvalue weighted by Crippen LogP contribution is 2.23. The maximum atomic E-state index is 12.5. The van der Waals surface area contributed by atoms with Crippen LogP contribution in [0.4, 0.5) is 11.5 Å². The van der Waals surface area contributed by atoms with Gasteiger partial charge < -0.3 is 11.1 Å². The quantitative estimate of drug-likeness (QED) is 0.749. The molecule has 3 rings (SSSR count). The van der Waals surface area contributed by atoms with E-state index in [1.165, 1.54) is 0 Å². The largest absolute Gasteiger partial charge is 0.384 e. The lowest BCUT2D eigenvalue weighted by molar-refractivity contribution is 0.102. The predicted octanol–water partition coefficient (Wildman–Crippen LogP) is 3.23. The number of nitrogens with zero attached hydrogens (tertiary/aromatic N) is 2. The fourth-order valence-corrected chi connectivity index (χ4v) is 2.40. The Morgan fingerprint density at radius 3 is 2.86 bits per heavy atom. The Balaban J connectivity index is 2.04. The van der Waals surface area contributed by atoms with Gasteiger partial charge in [0.25, 0.3) is 5.91 Å². The maximum absolute atomic E-state index is 12.5. The van der Waals surface area contributed by atoms with Gasteiger partial charge in [-0.05, 0) is 34.1 Å². The molecule has 2 aromatic heterocycles. The summed E-state index contributed by atoms with van der Waals surface area (Å²) in [4.78, 5) is 20.7. The lowest BCUT2D eigenvalue weighted by atomic mass is 10.1. The van der Waals surface area contributed by atoms with Crippen molar-refractivity contribution in [2.24, 2.45) is 0 Å². The van der Waals surface area contributed by atoms with E-state index in [0.717, 1.165) is 5.39 Å². The Hall–Kier alpha value is -2.47. The normalized spacial score (nSPS) is 10.5. The highest BCUT2D eigenvalue weighted by molar-refractivity contribution is 9.10. The van der Waals surface area contributed by atoms with Gasteiger partial charge >= 0.3 is 0 Å². The van der Waals surface area contributed by atoms with E-state index in [1.54, 1.807) is 24.5 Å². The molecular weight excluding hydrogens is 332 g/mol. The average Bonchev–Trinajstić information content (AvgIpc) is 2.48. The minimum atomic E-state index is -0.243. The van der Waals surface area contributed by atoms with Crippen LogP contribution in [0.5, 0.6) is 0 Å². The monoisotopic (exact) mass is 342 g/mol. The molecule has 3 N–H and O–H groups in total. The molecule has 0 aliphatic carbocycles. The molecule has 0 bridgehead atoms. The second-order valence-corrected chi connectivity index (χ2v) is 5.28. The highest BCUT2D eigenvalue weighted by Gasteiger charge is 2.13. The first-order valence-corrected chi connectivity index (χ1v) is 7.00. The molecule has 0 atom stereocenters. The molecule has 1 amide bonds. The van der Waals surface area contributed by atoms with Gasteiger partial charge in [0.2, 0.25) is 0 Å². The number of rotatable bonds is 2. The number of carbonyl (C=O) groups excluding carboxylic acids is 1. The summed E-state index contributed by atoms with van der Waals surface area (Å²) in [6.07, 6.45) is 3.23. The van der Waals surface area contributed by atoms with Crippen molar-refractivity contribution >= 4 is 44.2 Å². The van der Waals surface area contributed by atoms with Crippen LogP contribution in [0.15, 0.2) is 53.3 Å². The number of nitrogens with two attached hydrogens (primary N) is 1. The van der Waals surface area contributed by atoms with Crippen LogP contribution in [0.2, 0.25) is 0 Å². The zero-order chi connectivity index (χ0) is 14.8. The van der Waals surface area contributed by atoms with Gasteiger partial charge in [-0.15, -0.1) is 0 Å². The van der Waals surface area contributed by atoms with Crippen molar-refractivity contribution in [2.45, 2.75) is 0 Å². The molecule has 0 fully saturated rings. The van der Waals surface area contributed by atoms with Gasteiger partial charge in [0.15, 0.2) is 0 Å². The zero-order valence-electron chi connectivity index (χ0n) is 10.9. The van der Waals surface area contributed by atoms with E-state index in [1.807, 2.05) is 24.3 Å². The molecule has 5 nitrogen and oxygen atoms in total. The van der Waals surface area contributed by atoms with E-state index < -0.39 is 0 Å². The van der Waals surface area contributed by atoms with E-state index in [0.29, 0.717) is 27.1 Å². The third kappa shape index (κ3) is 2.71. The fourth-order valence-electron chi connectivity index (χ4n) is 2.05. The number of hydrogen-bond acceptors (Lipinski definition) is 4. The first kappa shape index (κ1) is 13.5. The van der Waals surface area contributed by atoms with Crippen molar-refractivity contribution in [1.29, 1.82) is 0 Å². The minimum Gasteiger partial charge on any atom is -0.384 e. The van der Waals surface area contributed by atoms with Crippen LogP contribution in [-0.2, 0) is 0 Å². The number of carbonyl (C=O) groups is 1. The SMILES string of the molecule is Nc1cc(C(=O)Nc2ccncc2Br)c2ccccc2n1. The third-order valence-electron chi connectivity index (χ3n) is 3.00. The van der Waals surface area contributed by atoms with Crippen molar-refractivity contribution in [3.63, 3.8) is 0 Å². The van der Waals surface area contributed by atoms with Crippen molar-refractivity contribution in [3.8, 4) is 0 Å². The molecule has 0 unspecified atom stereocenters. The second kappa shape index (κ2) is 5.49. The third-order valence-corrected chi connectivity index (χ3v) is 3.63. The van der Waals surface area contributed by atoms with Crippen LogP contribution in [0, 0.1) is 0 Å². The Labute approximate surface area is 129 Å². The topological polar surface area (TPSA) is 80.9 Å². The number of nitrogens with one attached hydrogen (secondary N) is 1. The number of benzene rings is 1. The van der Waals surface area contributed by atoms with Crippen LogP contribution in [-0.4, -0.2) is 15.9 Å². The molecule has 0 radical (unpaired) electrons. The molecule has 3 aromatic rings. The maximum Gasteiger partial charge on any atom is 0.256 e. The summed E-state index contributed by atoms with van der Waals surface area (Å²) in [6.45, 7) is 0. The molecule has 0 saturated carbocycles. The summed E-state index contributed by atoms with van der Waals surface area (Å²) in [5, 5.41) is 3.60. The molecule has 0 saturated heterocycles. The number of anilines is 2. The number of hydrogen-bond donors (Lipinski definition) is 2. The molecular formula is C15H11BrN4O. The van der Waals surface area contributed by atoms with Gasteiger partial charge in [0.05, 0.1) is 21.2 Å². The minimum absolute atomic E-state index is 0.243. The first-order valence-electron chi connectivity index (χ1n) is 6.21. The summed E-state index contributed by atoms with van der Waals surface area (Å²) < 4.78 is 0.713. The van der Waals surface area contributed by atoms with Gasteiger partial charge in [0, 0.05) is 17.8 Å². The Bertz CT molecular complexity index is 835. The van der Waals surface area contributed by atoms with Gasteiger partial charge in [0.1, 0.15) is 5.82 Å². The summed E-state index contributed by atoms with van der Waals surface area (Å²) in [5.74, 6) is 0.0693. The summed E-state index contributed by atoms with van der Waals surface area (Å²) >= 11 is 3.35. The Morgan fingerprint density at radius 2 is 2.05 bits per heavy atom. The number of nitrogen functional groups attached to an aromatic ring is 1. The van der Waals surface area contributed by atoms with Crippen molar-refractivity contribution in [3.05, 3.63) is 58.8 Å². The molecule has 21 heavy (non-hydrogen) atoms. The van der Waals surface area contributed by atoms with Crippen LogP contribution >= 0.6 is 15.9 Å². The first-order chi connectivity index (χ1) is 10.1. The summed E-state index contributed by atoms with van der Waals surface area (Å²) in [5.41, 5.74) is 7.60. The van der Waals surface area contributed by atoms with Crippen LogP contribution < -0.4 is 11.1 Å². The second-order valence-electron chi connectivity index (χ2n) is 4.42. The molecule has 104 valence electrons. The van der Waals surface area contributed by atoms with Crippen molar-refractivity contribution < 1.29 is 4.79 Å². The van der Waals surface area contributed by atoms with E-state index >= 15 is 0 Å². The molecule has 6 heteroatoms. The standard InChI is InChI=1S/C15H11BrN4O/c16-11-8-18-6-5-13(11)20-15(21)10-7-14(17)19-12-4-2-1-3-9(10)12/h1-8H,(H2,17,19)(H,18,20,21). The number of pyridine rings is 2. The van der Waals surface area contributed by atoms with Crippen molar-refractivity contribution in [1.82, 2.24) is 9.97 Å². The van der Waals surface area contributed by atoms with Crippen LogP contribution in [0.3, 0.4) is 0 Å². The summed E-state index contributed by atoms with van der Waals surface area (Å²) in [6, 6.07) is 10.7. The van der Waals surface area contributed by atoms with Gasteiger partial charge in [-0.3, -0.25) is 9.78 Å². The number of halogens is 1. The highest BCUT2D eigenvalue weighted by atomic mass is 79.9. The van der Waals surface area contributed by atoms with E-state index in [-0.39, 0.29) is 5.91 Å². The molecule has 0 aliphatic heterocycles. The number of fused-ring (bicyclic) bond motifs is 1. The molecule has 2 heterocycles. The zero-order valence-corrected chi connectivity index (χ0v) is 12.5. The Kier molecular flexibility index (Phi) is 3.53. The molecule has 0 spiro atoms. The Morgan fingerprint density at radius 1 is 1.24 bits per heavy atom. The number of aromatic nitrogens is 2. The number of amides is 1. The lowest BCUT2D eigenvalue weighted by Crippen LogP contribution is -2.13. The lowest BCUT2D eigenvalue weighted by Gasteiger charge is -2.09. The van der Waals surface area contributed by atoms with Gasteiger partial charge in [-0.2, -0.15) is 0 Å². The van der Waals surface area contributed by atoms with Gasteiger partial charge in [-0.1, -0.05) is 18.2 Å². The van der Waals surface area contributed by atoms with Gasteiger partial charge in [-0.25, -0.2) is 4.98 Å². The van der Waals surface area contributed by atoms with Crippen LogP contribution in [0.1, 0.15) is 10.4 Å². The molecule has 0 aliphatic rings. The molecule has 1 aromatic carbocycles. The van der Waals surface area contributed by atoms with E-state index in [9.17, 15) is 4.79 Å².